The third-order valence-corrected chi connectivity index (χ3v) is 4.90. The molecule has 1 amide bonds. The van der Waals surface area contributed by atoms with Gasteiger partial charge in [0.15, 0.2) is 0 Å². The Balaban J connectivity index is 1.62. The van der Waals surface area contributed by atoms with Gasteiger partial charge in [-0.3, -0.25) is 9.69 Å². The number of hydrogen-bond donors (Lipinski definition) is 0. The molecular weight excluding hydrogens is 341 g/mol. The molecule has 2 fully saturated rings. The Labute approximate surface area is 143 Å². The molecular formula is C15H21F3N4O3. The summed E-state index contributed by atoms with van der Waals surface area (Å²) in [5, 5.41) is 2.97. The Morgan fingerprint density at radius 3 is 2.80 bits per heavy atom. The summed E-state index contributed by atoms with van der Waals surface area (Å²) in [6.07, 6.45) is -2.21. The Morgan fingerprint density at radius 1 is 1.32 bits per heavy atom. The summed E-state index contributed by atoms with van der Waals surface area (Å²) < 4.78 is 47.4. The minimum Gasteiger partial charge on any atom is -0.383 e. The van der Waals surface area contributed by atoms with Crippen molar-refractivity contribution in [1.82, 2.24) is 19.9 Å². The van der Waals surface area contributed by atoms with Gasteiger partial charge in [-0.05, 0) is 25.8 Å². The fourth-order valence-corrected chi connectivity index (χ4v) is 3.66. The molecule has 10 heteroatoms. The fourth-order valence-electron chi connectivity index (χ4n) is 3.66. The number of rotatable bonds is 5. The van der Waals surface area contributed by atoms with E-state index in [9.17, 15) is 18.0 Å². The number of carbonyl (C=O) groups excluding carboxylic acids is 1. The predicted octanol–water partition coefficient (Wildman–Crippen LogP) is 1.55. The van der Waals surface area contributed by atoms with Gasteiger partial charge in [-0.2, -0.15) is 18.2 Å². The molecule has 0 bridgehead atoms. The number of piperidine rings is 1. The summed E-state index contributed by atoms with van der Waals surface area (Å²) in [7, 11) is 1.60. The van der Waals surface area contributed by atoms with Crippen molar-refractivity contribution in [3.05, 3.63) is 11.7 Å². The number of nitrogens with zero attached hydrogens (tertiary/aromatic N) is 4. The van der Waals surface area contributed by atoms with E-state index in [4.69, 9.17) is 9.26 Å². The van der Waals surface area contributed by atoms with Crippen LogP contribution in [0.15, 0.2) is 4.52 Å². The van der Waals surface area contributed by atoms with Gasteiger partial charge in [0.05, 0.1) is 18.6 Å². The first-order valence-corrected chi connectivity index (χ1v) is 8.24. The lowest BCUT2D eigenvalue weighted by molar-refractivity contribution is -0.146. The molecule has 140 valence electrons. The molecule has 1 aromatic heterocycles. The molecule has 1 aromatic rings. The Kier molecular flexibility index (Phi) is 5.01. The Bertz CT molecular complexity index is 621. The van der Waals surface area contributed by atoms with Gasteiger partial charge in [0, 0.05) is 26.7 Å². The number of aromatic nitrogens is 2. The van der Waals surface area contributed by atoms with Crippen molar-refractivity contribution < 1.29 is 27.2 Å². The molecule has 25 heavy (non-hydrogen) atoms. The molecule has 0 radical (unpaired) electrons. The molecule has 2 aliphatic rings. The van der Waals surface area contributed by atoms with E-state index in [1.807, 2.05) is 9.80 Å². The van der Waals surface area contributed by atoms with Crippen LogP contribution in [0.1, 0.15) is 31.0 Å². The maximum atomic E-state index is 12.8. The van der Waals surface area contributed by atoms with Crippen molar-refractivity contribution in [1.29, 1.82) is 0 Å². The third-order valence-electron chi connectivity index (χ3n) is 4.90. The van der Waals surface area contributed by atoms with Gasteiger partial charge in [0.25, 0.3) is 5.82 Å². The molecule has 1 atom stereocenters. The summed E-state index contributed by atoms with van der Waals surface area (Å²) in [4.78, 5) is 20.0. The van der Waals surface area contributed by atoms with Gasteiger partial charge >= 0.3 is 6.18 Å². The smallest absolute Gasteiger partial charge is 0.383 e. The van der Waals surface area contributed by atoms with E-state index in [0.717, 1.165) is 19.4 Å². The molecule has 0 aromatic carbocycles. The van der Waals surface area contributed by atoms with Crippen LogP contribution in [0.4, 0.5) is 13.2 Å². The number of ether oxygens (including phenoxy) is 1. The second-order valence-corrected chi connectivity index (χ2v) is 6.64. The highest BCUT2D eigenvalue weighted by atomic mass is 19.4. The topological polar surface area (TPSA) is 71.7 Å². The lowest BCUT2D eigenvalue weighted by Gasteiger charge is -2.39. The third kappa shape index (κ3) is 3.79. The molecule has 3 heterocycles. The monoisotopic (exact) mass is 362 g/mol. The van der Waals surface area contributed by atoms with Crippen LogP contribution in [0.3, 0.4) is 0 Å². The van der Waals surface area contributed by atoms with Gasteiger partial charge in [-0.15, -0.1) is 0 Å². The first-order chi connectivity index (χ1) is 11.8. The second kappa shape index (κ2) is 6.91. The van der Waals surface area contributed by atoms with Crippen molar-refractivity contribution in [2.45, 2.75) is 32.0 Å². The number of alkyl halides is 3. The maximum Gasteiger partial charge on any atom is 0.455 e. The predicted molar refractivity (Wildman–Crippen MR) is 79.3 cm³/mol. The molecule has 1 spiro atoms. The lowest BCUT2D eigenvalue weighted by atomic mass is 9.78. The van der Waals surface area contributed by atoms with Crippen LogP contribution >= 0.6 is 0 Å². The van der Waals surface area contributed by atoms with E-state index in [0.29, 0.717) is 32.7 Å². The highest BCUT2D eigenvalue weighted by Gasteiger charge is 2.48. The molecule has 2 saturated heterocycles. The summed E-state index contributed by atoms with van der Waals surface area (Å²) >= 11 is 0. The zero-order valence-corrected chi connectivity index (χ0v) is 14.0. The summed E-state index contributed by atoms with van der Waals surface area (Å²) in [6.45, 7) is 3.02. The van der Waals surface area contributed by atoms with Crippen molar-refractivity contribution in [3.8, 4) is 0 Å². The van der Waals surface area contributed by atoms with Gasteiger partial charge in [-0.1, -0.05) is 5.16 Å². The highest BCUT2D eigenvalue weighted by Crippen LogP contribution is 2.40. The molecule has 0 aliphatic carbocycles. The molecule has 2 aliphatic heterocycles. The zero-order valence-electron chi connectivity index (χ0n) is 14.0. The average molecular weight is 362 g/mol. The lowest BCUT2D eigenvalue weighted by Crippen LogP contribution is -2.50. The van der Waals surface area contributed by atoms with Crippen molar-refractivity contribution in [2.24, 2.45) is 5.41 Å². The van der Waals surface area contributed by atoms with Gasteiger partial charge < -0.3 is 14.2 Å². The Morgan fingerprint density at radius 2 is 2.12 bits per heavy atom. The zero-order chi connectivity index (χ0) is 18.1. The molecule has 3 rings (SSSR count). The van der Waals surface area contributed by atoms with E-state index in [2.05, 4.69) is 10.1 Å². The van der Waals surface area contributed by atoms with E-state index >= 15 is 0 Å². The van der Waals surface area contributed by atoms with Crippen LogP contribution in [-0.4, -0.2) is 65.7 Å². The van der Waals surface area contributed by atoms with Crippen LogP contribution in [0, 0.1) is 5.41 Å². The normalized spacial score (nSPS) is 25.3. The first kappa shape index (κ1) is 18.1. The minimum atomic E-state index is -4.62. The molecule has 0 N–H and O–H groups in total. The average Bonchev–Trinajstić information content (AvgIpc) is 3.17. The van der Waals surface area contributed by atoms with E-state index in [1.165, 1.54) is 0 Å². The molecule has 1 unspecified atom stereocenters. The highest BCUT2D eigenvalue weighted by molar-refractivity contribution is 5.84. The number of halogens is 3. The molecule has 7 nitrogen and oxygen atoms in total. The molecule has 0 saturated carbocycles. The van der Waals surface area contributed by atoms with Crippen LogP contribution in [-0.2, 0) is 22.3 Å². The fraction of sp³-hybridized carbons (Fsp3) is 0.800. The van der Waals surface area contributed by atoms with E-state index < -0.39 is 17.4 Å². The first-order valence-electron chi connectivity index (χ1n) is 8.24. The van der Waals surface area contributed by atoms with Gasteiger partial charge in [0.1, 0.15) is 0 Å². The van der Waals surface area contributed by atoms with Crippen LogP contribution in [0.5, 0.6) is 0 Å². The minimum absolute atomic E-state index is 0.0797. The standard InChI is InChI=1S/C15H21F3N4O3/c1-24-8-7-22-5-2-3-14(13(22)23)4-6-21(10-14)9-11-19-12(20-25-11)15(16,17)18/h2-10H2,1H3. The maximum absolute atomic E-state index is 12.8. The number of hydrogen-bond acceptors (Lipinski definition) is 6. The SMILES string of the molecule is COCCN1CCCC2(CCN(Cc3nc(C(F)(F)F)no3)C2)C1=O. The van der Waals surface area contributed by atoms with Crippen LogP contribution < -0.4 is 0 Å². The number of methoxy groups -OCH3 is 1. The Hall–Kier alpha value is -1.68. The number of carbonyl (C=O) groups is 1. The van der Waals surface area contributed by atoms with Crippen LogP contribution in [0.25, 0.3) is 0 Å². The number of amides is 1. The van der Waals surface area contributed by atoms with Crippen LogP contribution in [0.2, 0.25) is 0 Å². The summed E-state index contributed by atoms with van der Waals surface area (Å²) in [5.41, 5.74) is -0.459. The summed E-state index contributed by atoms with van der Waals surface area (Å²) in [6, 6.07) is 0. The van der Waals surface area contributed by atoms with E-state index in [-0.39, 0.29) is 18.3 Å². The number of likely N-dealkylation sites (tertiary alicyclic amines) is 2. The largest absolute Gasteiger partial charge is 0.455 e. The van der Waals surface area contributed by atoms with Crippen molar-refractivity contribution in [3.63, 3.8) is 0 Å². The van der Waals surface area contributed by atoms with E-state index in [1.54, 1.807) is 7.11 Å². The second-order valence-electron chi connectivity index (χ2n) is 6.64. The van der Waals surface area contributed by atoms with Crippen molar-refractivity contribution >= 4 is 5.91 Å². The summed E-state index contributed by atoms with van der Waals surface area (Å²) in [5.74, 6) is -1.24. The quantitative estimate of drug-likeness (QED) is 0.791. The van der Waals surface area contributed by atoms with Crippen molar-refractivity contribution in [2.75, 3.05) is 39.9 Å². The van der Waals surface area contributed by atoms with Gasteiger partial charge in [0.2, 0.25) is 11.8 Å². The van der Waals surface area contributed by atoms with Gasteiger partial charge in [-0.25, -0.2) is 0 Å².